The van der Waals surface area contributed by atoms with Gasteiger partial charge in [0.1, 0.15) is 5.75 Å². The molecule has 2 aromatic heterocycles. The fraction of sp³-hybridized carbons (Fsp3) is 0.0500. The molecule has 0 spiro atoms. The van der Waals surface area contributed by atoms with Crippen molar-refractivity contribution in [3.63, 3.8) is 0 Å². The van der Waals surface area contributed by atoms with E-state index in [0.29, 0.717) is 27.3 Å². The van der Waals surface area contributed by atoms with Gasteiger partial charge < -0.3 is 10.5 Å². The number of hydrogen-bond donors (Lipinski definition) is 1. The number of carbonyl (C=O) groups excluding carboxylic acids is 1. The van der Waals surface area contributed by atoms with Crippen LogP contribution in [0.25, 0.3) is 28.0 Å². The summed E-state index contributed by atoms with van der Waals surface area (Å²) in [6.07, 6.45) is 3.03. The quantitative estimate of drug-likeness (QED) is 0.540. The van der Waals surface area contributed by atoms with Crippen molar-refractivity contribution in [2.24, 2.45) is 0 Å². The van der Waals surface area contributed by atoms with Gasteiger partial charge in [-0.1, -0.05) is 29.8 Å². The fourth-order valence-electron chi connectivity index (χ4n) is 2.82. The smallest absolute Gasteiger partial charge is 0.272 e. The molecule has 0 bridgehead atoms. The Bertz CT molecular complexity index is 1210. The Morgan fingerprint density at radius 1 is 1.22 bits per heavy atom. The fourth-order valence-corrected chi connectivity index (χ4v) is 3.02. The number of benzene rings is 2. The number of nitrogens with zero attached hydrogens (tertiary/aromatic N) is 3. The Hall–Kier alpha value is -3.38. The van der Waals surface area contributed by atoms with Crippen LogP contribution in [0.1, 0.15) is 10.4 Å². The second-order valence-corrected chi connectivity index (χ2v) is 6.32. The lowest BCUT2D eigenvalue weighted by Crippen LogP contribution is -2.10. The molecule has 0 aliphatic rings. The highest BCUT2D eigenvalue weighted by molar-refractivity contribution is 6.32. The van der Waals surface area contributed by atoms with Crippen molar-refractivity contribution in [3.8, 4) is 5.75 Å². The van der Waals surface area contributed by atoms with Crippen LogP contribution in [0.3, 0.4) is 0 Å². The van der Waals surface area contributed by atoms with E-state index in [4.69, 9.17) is 22.1 Å². The highest BCUT2D eigenvalue weighted by atomic mass is 35.5. The number of rotatable bonds is 3. The van der Waals surface area contributed by atoms with Crippen LogP contribution in [0.4, 0.5) is 5.82 Å². The minimum absolute atomic E-state index is 0.245. The number of nitrogen functional groups attached to an aromatic ring is 1. The molecule has 0 aliphatic carbocycles. The molecule has 6 nitrogen and oxygen atoms in total. The second-order valence-electron chi connectivity index (χ2n) is 5.91. The van der Waals surface area contributed by atoms with Crippen LogP contribution in [0.2, 0.25) is 5.02 Å². The zero-order valence-electron chi connectivity index (χ0n) is 14.4. The standard InChI is InChI=1S/C20H15ClN4O2/c1-27-14-8-6-13-10-15-19(22)24-25(20(15)23-17(13)11-14)18(26)9-7-12-4-2-3-5-16(12)21/h2-11H,1H3,(H2,22,24)/b9-7+. The average molecular weight is 379 g/mol. The summed E-state index contributed by atoms with van der Waals surface area (Å²) in [4.78, 5) is 17.2. The van der Waals surface area contributed by atoms with Gasteiger partial charge in [-0.05, 0) is 35.9 Å². The van der Waals surface area contributed by atoms with Gasteiger partial charge in [-0.25, -0.2) is 4.98 Å². The van der Waals surface area contributed by atoms with Gasteiger partial charge in [-0.15, -0.1) is 5.10 Å². The minimum atomic E-state index is -0.369. The average Bonchev–Trinajstić information content (AvgIpc) is 3.01. The van der Waals surface area contributed by atoms with Gasteiger partial charge in [0, 0.05) is 22.6 Å². The van der Waals surface area contributed by atoms with Crippen molar-refractivity contribution in [1.82, 2.24) is 14.8 Å². The van der Waals surface area contributed by atoms with Gasteiger partial charge in [-0.3, -0.25) is 4.79 Å². The van der Waals surface area contributed by atoms with Crippen LogP contribution < -0.4 is 10.5 Å². The summed E-state index contributed by atoms with van der Waals surface area (Å²) in [6, 6.07) is 14.6. The molecular formula is C20H15ClN4O2. The lowest BCUT2D eigenvalue weighted by atomic mass is 10.2. The Morgan fingerprint density at radius 2 is 2.04 bits per heavy atom. The van der Waals surface area contributed by atoms with Crippen molar-refractivity contribution in [1.29, 1.82) is 0 Å². The first-order valence-electron chi connectivity index (χ1n) is 8.17. The monoisotopic (exact) mass is 378 g/mol. The summed E-state index contributed by atoms with van der Waals surface area (Å²) < 4.78 is 6.43. The van der Waals surface area contributed by atoms with Crippen LogP contribution >= 0.6 is 11.6 Å². The van der Waals surface area contributed by atoms with Crippen molar-refractivity contribution in [2.45, 2.75) is 0 Å². The summed E-state index contributed by atoms with van der Waals surface area (Å²) in [6.45, 7) is 0. The first-order chi connectivity index (χ1) is 13.1. The molecule has 4 rings (SSSR count). The molecule has 0 saturated heterocycles. The summed E-state index contributed by atoms with van der Waals surface area (Å²) in [5.74, 6) is 0.555. The molecule has 0 unspecified atom stereocenters. The van der Waals surface area contributed by atoms with Crippen LogP contribution in [-0.4, -0.2) is 27.8 Å². The third-order valence-corrected chi connectivity index (χ3v) is 4.55. The highest BCUT2D eigenvalue weighted by Crippen LogP contribution is 2.26. The zero-order chi connectivity index (χ0) is 19.0. The van der Waals surface area contributed by atoms with Crippen molar-refractivity contribution in [2.75, 3.05) is 12.8 Å². The van der Waals surface area contributed by atoms with Crippen LogP contribution in [0, 0.1) is 0 Å². The normalized spacial score (nSPS) is 11.5. The van der Waals surface area contributed by atoms with E-state index in [-0.39, 0.29) is 11.7 Å². The van der Waals surface area contributed by atoms with Gasteiger partial charge >= 0.3 is 0 Å². The van der Waals surface area contributed by atoms with Gasteiger partial charge in [0.2, 0.25) is 0 Å². The van der Waals surface area contributed by atoms with Crippen LogP contribution in [0.5, 0.6) is 5.75 Å². The minimum Gasteiger partial charge on any atom is -0.497 e. The second kappa shape index (κ2) is 6.74. The van der Waals surface area contributed by atoms with E-state index in [1.165, 1.54) is 10.8 Å². The number of ether oxygens (including phenoxy) is 1. The molecule has 0 aliphatic heterocycles. The molecule has 27 heavy (non-hydrogen) atoms. The zero-order valence-corrected chi connectivity index (χ0v) is 15.1. The lowest BCUT2D eigenvalue weighted by molar-refractivity contribution is 0.0960. The van der Waals surface area contributed by atoms with Gasteiger partial charge in [0.15, 0.2) is 11.5 Å². The summed E-state index contributed by atoms with van der Waals surface area (Å²) in [5.41, 5.74) is 7.81. The Labute approximate surface area is 159 Å². The summed E-state index contributed by atoms with van der Waals surface area (Å²) in [5, 5.41) is 6.22. The van der Waals surface area contributed by atoms with E-state index in [1.54, 1.807) is 25.3 Å². The van der Waals surface area contributed by atoms with Crippen molar-refractivity contribution < 1.29 is 9.53 Å². The largest absolute Gasteiger partial charge is 0.497 e. The number of methoxy groups -OCH3 is 1. The Morgan fingerprint density at radius 3 is 2.81 bits per heavy atom. The number of pyridine rings is 1. The van der Waals surface area contributed by atoms with E-state index in [9.17, 15) is 4.79 Å². The first-order valence-corrected chi connectivity index (χ1v) is 8.54. The molecule has 4 aromatic rings. The Balaban J connectivity index is 1.80. The lowest BCUT2D eigenvalue weighted by Gasteiger charge is -2.03. The van der Waals surface area contributed by atoms with E-state index in [0.717, 1.165) is 10.9 Å². The van der Waals surface area contributed by atoms with Crippen LogP contribution in [-0.2, 0) is 0 Å². The molecule has 134 valence electrons. The van der Waals surface area contributed by atoms with Crippen LogP contribution in [0.15, 0.2) is 54.6 Å². The van der Waals surface area contributed by atoms with E-state index in [1.807, 2.05) is 36.4 Å². The number of aromatic nitrogens is 3. The number of anilines is 1. The molecule has 0 radical (unpaired) electrons. The topological polar surface area (TPSA) is 83.0 Å². The molecule has 0 amide bonds. The molecule has 2 N–H and O–H groups in total. The summed E-state index contributed by atoms with van der Waals surface area (Å²) in [7, 11) is 1.59. The summed E-state index contributed by atoms with van der Waals surface area (Å²) >= 11 is 6.12. The molecule has 0 saturated carbocycles. The first kappa shape index (κ1) is 17.1. The third-order valence-electron chi connectivity index (χ3n) is 4.21. The predicted molar refractivity (Wildman–Crippen MR) is 107 cm³/mol. The maximum atomic E-state index is 12.7. The predicted octanol–water partition coefficient (Wildman–Crippen LogP) is 4.18. The number of nitrogens with two attached hydrogens (primary N) is 1. The number of halogens is 1. The van der Waals surface area contributed by atoms with E-state index >= 15 is 0 Å². The van der Waals surface area contributed by atoms with Gasteiger partial charge in [0.05, 0.1) is 18.0 Å². The maximum absolute atomic E-state index is 12.7. The number of carbonyl (C=O) groups is 1. The van der Waals surface area contributed by atoms with Gasteiger partial charge in [-0.2, -0.15) is 4.68 Å². The SMILES string of the molecule is COc1ccc2cc3c(N)nn(C(=O)/C=C/c4ccccc4Cl)c3nc2c1. The molecule has 0 atom stereocenters. The molecule has 0 fully saturated rings. The number of fused-ring (bicyclic) bond motifs is 2. The van der Waals surface area contributed by atoms with E-state index in [2.05, 4.69) is 10.1 Å². The van der Waals surface area contributed by atoms with Gasteiger partial charge in [0.25, 0.3) is 5.91 Å². The van der Waals surface area contributed by atoms with E-state index < -0.39 is 0 Å². The third kappa shape index (κ3) is 3.11. The number of hydrogen-bond acceptors (Lipinski definition) is 5. The Kier molecular flexibility index (Phi) is 4.25. The molecule has 2 aromatic carbocycles. The maximum Gasteiger partial charge on any atom is 0.272 e. The van der Waals surface area contributed by atoms with Crippen molar-refractivity contribution >= 4 is 51.3 Å². The van der Waals surface area contributed by atoms with Crippen molar-refractivity contribution in [3.05, 3.63) is 65.2 Å². The molecular weight excluding hydrogens is 364 g/mol. The molecule has 2 heterocycles. The molecule has 7 heteroatoms. The number of allylic oxidation sites excluding steroid dienone is 1. The highest BCUT2D eigenvalue weighted by Gasteiger charge is 2.15.